The van der Waals surface area contributed by atoms with Crippen molar-refractivity contribution < 1.29 is 28.6 Å². The van der Waals surface area contributed by atoms with Crippen LogP contribution in [0.3, 0.4) is 0 Å². The van der Waals surface area contributed by atoms with Crippen LogP contribution in [0.4, 0.5) is 0 Å². The molecule has 0 saturated carbocycles. The Kier molecular flexibility index (Phi) is 63.1. The second-order valence-corrected chi connectivity index (χ2v) is 23.1. The Morgan fingerprint density at radius 3 is 0.737 bits per heavy atom. The van der Waals surface area contributed by atoms with Crippen molar-refractivity contribution in [2.24, 2.45) is 0 Å². The van der Waals surface area contributed by atoms with Crippen LogP contribution in [0.15, 0.2) is 36.5 Å². The SMILES string of the molecule is CCCCCCC/C=C\C/C=C\CCCCCCCCCCCC(=O)OC(COC(=O)CCCCCCCCCC)COC(=O)CCCCCCCCCCCCCCCCCCC/C=C\CCCCCCCCCC. The van der Waals surface area contributed by atoms with Gasteiger partial charge in [-0.1, -0.05) is 314 Å². The van der Waals surface area contributed by atoms with E-state index in [1.54, 1.807) is 0 Å². The largest absolute Gasteiger partial charge is 0.462 e. The molecule has 0 rings (SSSR count). The fourth-order valence-corrected chi connectivity index (χ4v) is 10.2. The summed E-state index contributed by atoms with van der Waals surface area (Å²) in [5, 5.41) is 0. The average Bonchev–Trinajstić information content (AvgIpc) is 3.42. The molecule has 0 N–H and O–H groups in total. The van der Waals surface area contributed by atoms with Crippen LogP contribution < -0.4 is 0 Å². The summed E-state index contributed by atoms with van der Waals surface area (Å²) in [7, 11) is 0. The molecule has 0 spiro atoms. The molecule has 1 atom stereocenters. The zero-order chi connectivity index (χ0) is 55.0. The van der Waals surface area contributed by atoms with E-state index in [1.165, 1.54) is 270 Å². The Bertz CT molecular complexity index is 1270. The number of carbonyl (C=O) groups excluding carboxylic acids is 3. The maximum absolute atomic E-state index is 12.9. The van der Waals surface area contributed by atoms with Crippen molar-refractivity contribution in [3.8, 4) is 0 Å². The van der Waals surface area contributed by atoms with Gasteiger partial charge >= 0.3 is 17.9 Å². The van der Waals surface area contributed by atoms with E-state index in [0.29, 0.717) is 19.3 Å². The third kappa shape index (κ3) is 62.5. The molecule has 1 unspecified atom stereocenters. The van der Waals surface area contributed by atoms with Gasteiger partial charge in [-0.15, -0.1) is 0 Å². The van der Waals surface area contributed by atoms with Gasteiger partial charge in [0.1, 0.15) is 13.2 Å². The Labute approximate surface area is 474 Å². The Morgan fingerprint density at radius 2 is 0.474 bits per heavy atom. The number of rotatable bonds is 63. The average molecular weight is 1070 g/mol. The summed E-state index contributed by atoms with van der Waals surface area (Å²) in [6.07, 6.45) is 80.5. The number of unbranched alkanes of at least 4 members (excludes halogenated alkanes) is 46. The second kappa shape index (κ2) is 65.2. The molecule has 76 heavy (non-hydrogen) atoms. The van der Waals surface area contributed by atoms with Gasteiger partial charge in [0.2, 0.25) is 0 Å². The molecule has 0 amide bonds. The van der Waals surface area contributed by atoms with Crippen LogP contribution in [-0.2, 0) is 28.6 Å². The van der Waals surface area contributed by atoms with Crippen LogP contribution in [0.2, 0.25) is 0 Å². The highest BCUT2D eigenvalue weighted by Gasteiger charge is 2.19. The molecule has 446 valence electrons. The third-order valence-corrected chi connectivity index (χ3v) is 15.4. The fraction of sp³-hybridized carbons (Fsp3) is 0.871. The van der Waals surface area contributed by atoms with Crippen LogP contribution in [0.5, 0.6) is 0 Å². The zero-order valence-electron chi connectivity index (χ0n) is 51.3. The first-order chi connectivity index (χ1) is 37.5. The number of ether oxygens (including phenoxy) is 3. The number of carbonyl (C=O) groups is 3. The smallest absolute Gasteiger partial charge is 0.306 e. The maximum Gasteiger partial charge on any atom is 0.306 e. The van der Waals surface area contributed by atoms with E-state index in [9.17, 15) is 14.4 Å². The molecule has 0 aromatic rings. The monoisotopic (exact) mass is 1070 g/mol. The molecule has 0 bridgehead atoms. The van der Waals surface area contributed by atoms with Gasteiger partial charge in [0, 0.05) is 19.3 Å². The summed E-state index contributed by atoms with van der Waals surface area (Å²) in [6, 6.07) is 0. The van der Waals surface area contributed by atoms with Crippen molar-refractivity contribution in [3.05, 3.63) is 36.5 Å². The van der Waals surface area contributed by atoms with E-state index in [4.69, 9.17) is 14.2 Å². The fourth-order valence-electron chi connectivity index (χ4n) is 10.2. The van der Waals surface area contributed by atoms with Crippen molar-refractivity contribution in [1.29, 1.82) is 0 Å². The summed E-state index contributed by atoms with van der Waals surface area (Å²) < 4.78 is 16.9. The van der Waals surface area contributed by atoms with E-state index in [-0.39, 0.29) is 31.1 Å². The lowest BCUT2D eigenvalue weighted by Crippen LogP contribution is -2.30. The second-order valence-electron chi connectivity index (χ2n) is 23.1. The van der Waals surface area contributed by atoms with Gasteiger partial charge in [-0.2, -0.15) is 0 Å². The highest BCUT2D eigenvalue weighted by atomic mass is 16.6. The minimum Gasteiger partial charge on any atom is -0.462 e. The van der Waals surface area contributed by atoms with Gasteiger partial charge in [-0.3, -0.25) is 14.4 Å². The van der Waals surface area contributed by atoms with Crippen molar-refractivity contribution in [2.75, 3.05) is 13.2 Å². The summed E-state index contributed by atoms with van der Waals surface area (Å²) in [5.74, 6) is -0.855. The molecule has 6 heteroatoms. The van der Waals surface area contributed by atoms with Crippen LogP contribution in [-0.4, -0.2) is 37.2 Å². The molecule has 0 aromatic heterocycles. The molecule has 0 aliphatic rings. The van der Waals surface area contributed by atoms with Crippen molar-refractivity contribution >= 4 is 17.9 Å². The molecule has 0 aliphatic carbocycles. The summed E-state index contributed by atoms with van der Waals surface area (Å²) >= 11 is 0. The molecule has 0 heterocycles. The molecular formula is C70H130O6. The first-order valence-electron chi connectivity index (χ1n) is 34.0. The van der Waals surface area contributed by atoms with E-state index in [1.807, 2.05) is 0 Å². The summed E-state index contributed by atoms with van der Waals surface area (Å²) in [6.45, 7) is 6.65. The predicted octanol–water partition coefficient (Wildman–Crippen LogP) is 23.2. The molecule has 0 aliphatic heterocycles. The van der Waals surface area contributed by atoms with Gasteiger partial charge in [-0.25, -0.2) is 0 Å². The third-order valence-electron chi connectivity index (χ3n) is 15.4. The predicted molar refractivity (Wildman–Crippen MR) is 330 cm³/mol. The number of allylic oxidation sites excluding steroid dienone is 6. The minimum absolute atomic E-state index is 0.0692. The van der Waals surface area contributed by atoms with Crippen molar-refractivity contribution in [1.82, 2.24) is 0 Å². The minimum atomic E-state index is -0.770. The maximum atomic E-state index is 12.9. The molecule has 0 fully saturated rings. The van der Waals surface area contributed by atoms with E-state index >= 15 is 0 Å². The van der Waals surface area contributed by atoms with Gasteiger partial charge in [0.25, 0.3) is 0 Å². The normalized spacial score (nSPS) is 12.2. The van der Waals surface area contributed by atoms with E-state index in [2.05, 4.69) is 57.2 Å². The number of hydrogen-bond acceptors (Lipinski definition) is 6. The summed E-state index contributed by atoms with van der Waals surface area (Å²) in [5.41, 5.74) is 0. The van der Waals surface area contributed by atoms with E-state index in [0.717, 1.165) is 64.2 Å². The van der Waals surface area contributed by atoms with Crippen molar-refractivity contribution in [2.45, 2.75) is 380 Å². The number of hydrogen-bond donors (Lipinski definition) is 0. The first kappa shape index (κ1) is 73.6. The Balaban J connectivity index is 4.07. The Morgan fingerprint density at radius 1 is 0.263 bits per heavy atom. The van der Waals surface area contributed by atoms with Crippen LogP contribution in [0.25, 0.3) is 0 Å². The van der Waals surface area contributed by atoms with Crippen LogP contribution in [0, 0.1) is 0 Å². The topological polar surface area (TPSA) is 78.9 Å². The highest BCUT2D eigenvalue weighted by Crippen LogP contribution is 2.18. The van der Waals surface area contributed by atoms with Gasteiger partial charge in [0.15, 0.2) is 6.10 Å². The molecular weight excluding hydrogens is 937 g/mol. The van der Waals surface area contributed by atoms with Crippen LogP contribution >= 0.6 is 0 Å². The Hall–Kier alpha value is -2.37. The standard InChI is InChI=1S/C70H130O6/c1-4-7-10-13-16-19-21-23-25-27-29-31-32-33-34-35-36-37-38-40-41-43-45-47-49-51-54-57-60-63-69(72)75-66-67(65-74-68(71)62-59-56-53-18-15-12-9-6-3)76-70(73)64-61-58-55-52-50-48-46-44-42-39-30-28-26-24-22-20-17-14-11-8-5-2/h22,24,27-30,67H,4-21,23,25-26,31-66H2,1-3H3/b24-22-,29-27-,30-28-. The van der Waals surface area contributed by atoms with Crippen molar-refractivity contribution in [3.63, 3.8) is 0 Å². The zero-order valence-corrected chi connectivity index (χ0v) is 51.3. The lowest BCUT2D eigenvalue weighted by atomic mass is 10.0. The quantitative estimate of drug-likeness (QED) is 0.0261. The molecule has 0 radical (unpaired) electrons. The molecule has 0 aromatic carbocycles. The van der Waals surface area contributed by atoms with Gasteiger partial charge < -0.3 is 14.2 Å². The molecule has 6 nitrogen and oxygen atoms in total. The molecule has 0 saturated heterocycles. The first-order valence-corrected chi connectivity index (χ1v) is 34.0. The highest BCUT2D eigenvalue weighted by molar-refractivity contribution is 5.71. The van der Waals surface area contributed by atoms with E-state index < -0.39 is 6.10 Å². The lowest BCUT2D eigenvalue weighted by molar-refractivity contribution is -0.167. The number of esters is 3. The van der Waals surface area contributed by atoms with Crippen LogP contribution in [0.1, 0.15) is 374 Å². The lowest BCUT2D eigenvalue weighted by Gasteiger charge is -2.18. The van der Waals surface area contributed by atoms with Gasteiger partial charge in [0.05, 0.1) is 0 Å². The van der Waals surface area contributed by atoms with Gasteiger partial charge in [-0.05, 0) is 77.0 Å². The summed E-state index contributed by atoms with van der Waals surface area (Å²) in [4.78, 5) is 38.2.